The molecule has 6 nitrogen and oxygen atoms in total. The van der Waals surface area contributed by atoms with Crippen LogP contribution in [0.2, 0.25) is 0 Å². The summed E-state index contributed by atoms with van der Waals surface area (Å²) in [6.07, 6.45) is 12.8. The quantitative estimate of drug-likeness (QED) is 0.223. The molecule has 4 rings (SSSR count). The van der Waals surface area contributed by atoms with Crippen molar-refractivity contribution in [3.63, 3.8) is 0 Å². The molecule has 0 aromatic heterocycles. The lowest BCUT2D eigenvalue weighted by atomic mass is 9.91. The Balaban J connectivity index is 0.000000260. The van der Waals surface area contributed by atoms with Gasteiger partial charge in [0.05, 0.1) is 12.5 Å². The maximum absolute atomic E-state index is 12.5. The lowest BCUT2D eigenvalue weighted by Crippen LogP contribution is -2.30. The molecule has 3 aromatic rings. The van der Waals surface area contributed by atoms with Gasteiger partial charge in [0.1, 0.15) is 17.2 Å². The fraction of sp³-hybridized carbons (Fsp3) is 0.333. The number of aromatic hydroxyl groups is 1. The van der Waals surface area contributed by atoms with Gasteiger partial charge in [0, 0.05) is 23.9 Å². The Morgan fingerprint density at radius 2 is 1.54 bits per heavy atom. The Bertz CT molecular complexity index is 1260. The van der Waals surface area contributed by atoms with E-state index in [9.17, 15) is 14.7 Å². The predicted octanol–water partition coefficient (Wildman–Crippen LogP) is 6.83. The van der Waals surface area contributed by atoms with Gasteiger partial charge in [-0.15, -0.1) is 12.8 Å². The summed E-state index contributed by atoms with van der Waals surface area (Å²) in [5.74, 6) is 1.25. The number of rotatable bonds is 5. The number of carbonyl (C=O) groups excluding carboxylic acids is 2. The third kappa shape index (κ3) is 8.93. The number of fused-ring (bicyclic) bond motifs is 1. The first-order chi connectivity index (χ1) is 18.6. The Morgan fingerprint density at radius 1 is 0.897 bits per heavy atom. The normalized spacial score (nSPS) is 11.9. The predicted molar refractivity (Wildman–Crippen MR) is 157 cm³/mol. The van der Waals surface area contributed by atoms with E-state index in [1.165, 1.54) is 36.1 Å². The molecule has 0 saturated heterocycles. The number of phenols is 1. The molecule has 6 heteroatoms. The molecule has 206 valence electrons. The molecule has 1 N–H and O–H groups in total. The van der Waals surface area contributed by atoms with Crippen molar-refractivity contribution in [3.05, 3.63) is 83.4 Å². The van der Waals surface area contributed by atoms with Crippen molar-refractivity contribution in [1.82, 2.24) is 0 Å². The summed E-state index contributed by atoms with van der Waals surface area (Å²) in [6.45, 7) is 8.07. The Labute approximate surface area is 232 Å². The van der Waals surface area contributed by atoms with Crippen LogP contribution in [0.25, 0.3) is 0 Å². The summed E-state index contributed by atoms with van der Waals surface area (Å²) in [5, 5.41) is 9.28. The number of anilines is 1. The first-order valence-electron chi connectivity index (χ1n) is 13.0. The van der Waals surface area contributed by atoms with Crippen LogP contribution in [0.15, 0.2) is 66.7 Å². The van der Waals surface area contributed by atoms with Crippen molar-refractivity contribution >= 4 is 17.6 Å². The highest BCUT2D eigenvalue weighted by atomic mass is 16.5. The highest BCUT2D eigenvalue weighted by molar-refractivity contribution is 6.06. The molecule has 1 aliphatic rings. The number of aryl methyl sites for hydroxylation is 2. The molecule has 0 fully saturated rings. The van der Waals surface area contributed by atoms with Crippen LogP contribution in [0.4, 0.5) is 5.69 Å². The van der Waals surface area contributed by atoms with Crippen molar-refractivity contribution in [2.75, 3.05) is 18.6 Å². The van der Waals surface area contributed by atoms with Gasteiger partial charge >= 0.3 is 5.97 Å². The molecule has 0 bridgehead atoms. The van der Waals surface area contributed by atoms with Gasteiger partial charge < -0.3 is 19.5 Å². The molecule has 39 heavy (non-hydrogen) atoms. The SMILES string of the molecule is C#C.CC(C)(C)C(=O)Oc1ccc2c(c1)CCCC2.CCN(C(=O)c1ccc(O)cc1)c1cccc(OC)c1. The van der Waals surface area contributed by atoms with E-state index in [0.717, 1.165) is 18.5 Å². The summed E-state index contributed by atoms with van der Waals surface area (Å²) in [6, 6.07) is 19.6. The van der Waals surface area contributed by atoms with Gasteiger partial charge in [-0.05, 0) is 113 Å². The maximum atomic E-state index is 12.5. The number of nitrogens with zero attached hydrogens (tertiary/aromatic N) is 1. The second-order valence-corrected chi connectivity index (χ2v) is 10.1. The van der Waals surface area contributed by atoms with Crippen LogP contribution >= 0.6 is 0 Å². The second-order valence-electron chi connectivity index (χ2n) is 10.1. The average Bonchev–Trinajstić information content (AvgIpc) is 2.95. The van der Waals surface area contributed by atoms with Crippen LogP contribution in [-0.4, -0.2) is 30.6 Å². The van der Waals surface area contributed by atoms with E-state index in [0.29, 0.717) is 23.6 Å². The largest absolute Gasteiger partial charge is 0.508 e. The molecule has 0 aliphatic heterocycles. The van der Waals surface area contributed by atoms with Crippen LogP contribution in [0.3, 0.4) is 0 Å². The number of methoxy groups -OCH3 is 1. The van der Waals surface area contributed by atoms with E-state index in [-0.39, 0.29) is 17.6 Å². The Kier molecular flexibility index (Phi) is 11.6. The van der Waals surface area contributed by atoms with Gasteiger partial charge in [0.15, 0.2) is 0 Å². The van der Waals surface area contributed by atoms with Gasteiger partial charge in [-0.1, -0.05) is 12.1 Å². The number of hydrogen-bond acceptors (Lipinski definition) is 5. The smallest absolute Gasteiger partial charge is 0.316 e. The third-order valence-corrected chi connectivity index (χ3v) is 6.18. The highest BCUT2D eigenvalue weighted by Gasteiger charge is 2.24. The standard InChI is InChI=1S/C16H17NO3.C15H20O2.C2H2/c1-3-17(13-5-4-6-15(11-13)20-2)16(19)12-7-9-14(18)10-8-12;1-15(2,3)14(16)17-13-9-8-11-6-4-5-7-12(11)10-13;1-2/h4-11,18H,3H2,1-2H3;8-10H,4-7H2,1-3H3;1-2H. The Morgan fingerprint density at radius 3 is 2.13 bits per heavy atom. The first kappa shape index (κ1) is 31.0. The fourth-order valence-electron chi connectivity index (χ4n) is 4.02. The van der Waals surface area contributed by atoms with Gasteiger partial charge in [0.25, 0.3) is 5.91 Å². The van der Waals surface area contributed by atoms with Crippen LogP contribution in [0, 0.1) is 18.3 Å². The maximum Gasteiger partial charge on any atom is 0.316 e. The Hall–Kier alpha value is -4.24. The molecular weight excluding hydrogens is 490 g/mol. The summed E-state index contributed by atoms with van der Waals surface area (Å²) in [5.41, 5.74) is 3.62. The molecule has 0 radical (unpaired) electrons. The number of benzene rings is 3. The molecule has 0 atom stereocenters. The van der Waals surface area contributed by atoms with Crippen molar-refractivity contribution in [1.29, 1.82) is 0 Å². The molecule has 0 unspecified atom stereocenters. The van der Waals surface area contributed by atoms with E-state index in [1.54, 1.807) is 24.1 Å². The topological polar surface area (TPSA) is 76.1 Å². The minimum atomic E-state index is -0.449. The lowest BCUT2D eigenvalue weighted by molar-refractivity contribution is -0.143. The van der Waals surface area contributed by atoms with Crippen LogP contribution < -0.4 is 14.4 Å². The van der Waals surface area contributed by atoms with Gasteiger partial charge in [-0.3, -0.25) is 9.59 Å². The number of hydrogen-bond donors (Lipinski definition) is 1. The first-order valence-corrected chi connectivity index (χ1v) is 13.0. The number of ether oxygens (including phenoxy) is 2. The molecule has 3 aromatic carbocycles. The minimum absolute atomic E-state index is 0.110. The van der Waals surface area contributed by atoms with Gasteiger partial charge in [-0.2, -0.15) is 0 Å². The number of terminal acetylenes is 1. The number of carbonyl (C=O) groups is 2. The summed E-state index contributed by atoms with van der Waals surface area (Å²) in [4.78, 5) is 25.9. The van der Waals surface area contributed by atoms with Crippen molar-refractivity contribution in [2.24, 2.45) is 5.41 Å². The van der Waals surface area contributed by atoms with Crippen molar-refractivity contribution in [2.45, 2.75) is 53.4 Å². The molecule has 1 amide bonds. The van der Waals surface area contributed by atoms with Crippen LogP contribution in [-0.2, 0) is 17.6 Å². The monoisotopic (exact) mass is 529 g/mol. The fourth-order valence-corrected chi connectivity index (χ4v) is 4.02. The molecule has 1 aliphatic carbocycles. The number of amides is 1. The molecule has 0 heterocycles. The molecule has 0 spiro atoms. The number of esters is 1. The van der Waals surface area contributed by atoms with E-state index >= 15 is 0 Å². The zero-order valence-corrected chi connectivity index (χ0v) is 23.6. The van der Waals surface area contributed by atoms with E-state index < -0.39 is 5.41 Å². The van der Waals surface area contributed by atoms with Crippen molar-refractivity contribution < 1.29 is 24.2 Å². The summed E-state index contributed by atoms with van der Waals surface area (Å²) >= 11 is 0. The van der Waals surface area contributed by atoms with Gasteiger partial charge in [-0.25, -0.2) is 0 Å². The zero-order chi connectivity index (χ0) is 29.0. The lowest BCUT2D eigenvalue weighted by Gasteiger charge is -2.21. The average molecular weight is 530 g/mol. The number of phenolic OH excluding ortho intramolecular Hbond substituents is 1. The van der Waals surface area contributed by atoms with Crippen LogP contribution in [0.1, 0.15) is 62.0 Å². The highest BCUT2D eigenvalue weighted by Crippen LogP contribution is 2.27. The molecular formula is C33H39NO5. The second kappa shape index (κ2) is 14.6. The molecule has 0 saturated carbocycles. The third-order valence-electron chi connectivity index (χ3n) is 6.18. The zero-order valence-electron chi connectivity index (χ0n) is 23.6. The summed E-state index contributed by atoms with van der Waals surface area (Å²) in [7, 11) is 1.59. The van der Waals surface area contributed by atoms with Crippen LogP contribution in [0.5, 0.6) is 17.2 Å². The van der Waals surface area contributed by atoms with E-state index in [2.05, 4.69) is 18.9 Å². The van der Waals surface area contributed by atoms with E-state index in [4.69, 9.17) is 9.47 Å². The van der Waals surface area contributed by atoms with E-state index in [1.807, 2.05) is 64.1 Å². The summed E-state index contributed by atoms with van der Waals surface area (Å²) < 4.78 is 10.6. The van der Waals surface area contributed by atoms with Gasteiger partial charge in [0.2, 0.25) is 0 Å². The minimum Gasteiger partial charge on any atom is -0.508 e. The van der Waals surface area contributed by atoms with Crippen molar-refractivity contribution in [3.8, 4) is 30.1 Å².